The van der Waals surface area contributed by atoms with Crippen LogP contribution >= 0.6 is 0 Å². The van der Waals surface area contributed by atoms with Gasteiger partial charge in [-0.05, 0) is 24.2 Å². The van der Waals surface area contributed by atoms with Crippen molar-refractivity contribution in [3.8, 4) is 0 Å². The van der Waals surface area contributed by atoms with Crippen LogP contribution in [0.25, 0.3) is 0 Å². The molecule has 0 aliphatic heterocycles. The molecule has 0 radical (unpaired) electrons. The highest BCUT2D eigenvalue weighted by Gasteiger charge is 2.62. The van der Waals surface area contributed by atoms with E-state index in [9.17, 15) is 30.7 Å². The maximum Gasteiger partial charge on any atom is 0.455 e. The summed E-state index contributed by atoms with van der Waals surface area (Å²) in [7, 11) is 0. The van der Waals surface area contributed by atoms with E-state index in [1.807, 2.05) is 5.32 Å². The molecule has 1 unspecified atom stereocenters. The van der Waals surface area contributed by atoms with Gasteiger partial charge in [0.2, 0.25) is 0 Å². The molecule has 0 aliphatic carbocycles. The Bertz CT molecular complexity index is 441. The molecular weight excluding hydrogens is 279 g/mol. The quantitative estimate of drug-likeness (QED) is 0.831. The predicted octanol–water partition coefficient (Wildman–Crippen LogP) is 3.81. The van der Waals surface area contributed by atoms with E-state index in [1.165, 1.54) is 6.92 Å². The van der Waals surface area contributed by atoms with Gasteiger partial charge >= 0.3 is 12.1 Å². The first-order valence-corrected chi connectivity index (χ1v) is 5.24. The van der Waals surface area contributed by atoms with Crippen molar-refractivity contribution in [2.75, 3.05) is 6.54 Å². The van der Waals surface area contributed by atoms with Gasteiger partial charge in [0.1, 0.15) is 6.04 Å². The SMILES string of the molecule is CCNC(c1ccc(F)c(F)c1)C(F)(F)C(F)(F)F. The second-order valence-electron chi connectivity index (χ2n) is 3.78. The second-order valence-corrected chi connectivity index (χ2v) is 3.78. The molecule has 1 rings (SSSR count). The summed E-state index contributed by atoms with van der Waals surface area (Å²) in [6.07, 6.45) is -5.80. The van der Waals surface area contributed by atoms with Crippen molar-refractivity contribution in [3.05, 3.63) is 35.4 Å². The molecule has 19 heavy (non-hydrogen) atoms. The lowest BCUT2D eigenvalue weighted by molar-refractivity contribution is -0.294. The van der Waals surface area contributed by atoms with E-state index in [4.69, 9.17) is 0 Å². The van der Waals surface area contributed by atoms with Gasteiger partial charge in [-0.1, -0.05) is 13.0 Å². The molecule has 1 aromatic rings. The number of halogens is 7. The van der Waals surface area contributed by atoms with Crippen LogP contribution < -0.4 is 5.32 Å². The molecule has 1 atom stereocenters. The van der Waals surface area contributed by atoms with Gasteiger partial charge in [0.25, 0.3) is 0 Å². The van der Waals surface area contributed by atoms with Crippen molar-refractivity contribution in [1.82, 2.24) is 5.32 Å². The van der Waals surface area contributed by atoms with Crippen LogP contribution in [0, 0.1) is 11.6 Å². The lowest BCUT2D eigenvalue weighted by Crippen LogP contribution is -2.48. The Hall–Kier alpha value is -1.31. The first-order valence-electron chi connectivity index (χ1n) is 5.24. The Morgan fingerprint density at radius 2 is 1.63 bits per heavy atom. The molecule has 0 heterocycles. The van der Waals surface area contributed by atoms with Gasteiger partial charge in [-0.3, -0.25) is 0 Å². The smallest absolute Gasteiger partial charge is 0.305 e. The number of rotatable bonds is 4. The molecule has 1 aromatic carbocycles. The minimum absolute atomic E-state index is 0.199. The summed E-state index contributed by atoms with van der Waals surface area (Å²) < 4.78 is 89.1. The van der Waals surface area contributed by atoms with E-state index in [2.05, 4.69) is 0 Å². The third kappa shape index (κ3) is 3.17. The number of hydrogen-bond acceptors (Lipinski definition) is 1. The molecule has 108 valence electrons. The lowest BCUT2D eigenvalue weighted by atomic mass is 9.99. The summed E-state index contributed by atoms with van der Waals surface area (Å²) in [5.74, 6) is -7.92. The molecule has 0 fully saturated rings. The average Bonchev–Trinajstić information content (AvgIpc) is 2.28. The van der Waals surface area contributed by atoms with E-state index < -0.39 is 35.3 Å². The van der Waals surface area contributed by atoms with Gasteiger partial charge in [-0.2, -0.15) is 22.0 Å². The highest BCUT2D eigenvalue weighted by Crippen LogP contribution is 2.44. The Kier molecular flexibility index (Phi) is 4.44. The normalized spacial score (nSPS) is 14.5. The largest absolute Gasteiger partial charge is 0.455 e. The number of hydrogen-bond donors (Lipinski definition) is 1. The van der Waals surface area contributed by atoms with Crippen molar-refractivity contribution in [3.63, 3.8) is 0 Å². The first-order chi connectivity index (χ1) is 8.61. The molecule has 0 bridgehead atoms. The van der Waals surface area contributed by atoms with Gasteiger partial charge in [0, 0.05) is 0 Å². The summed E-state index contributed by atoms with van der Waals surface area (Å²) in [5, 5.41) is 1.93. The number of nitrogens with one attached hydrogen (secondary N) is 1. The van der Waals surface area contributed by atoms with E-state index in [0.29, 0.717) is 18.2 Å². The number of alkyl halides is 5. The van der Waals surface area contributed by atoms with Gasteiger partial charge in [-0.25, -0.2) is 8.78 Å². The molecule has 0 saturated heterocycles. The standard InChI is InChI=1S/C11H10F7N/c1-2-19-9(10(14,15)11(16,17)18)6-3-4-7(12)8(13)5-6/h3-5,9,19H,2H2,1H3. The fourth-order valence-corrected chi connectivity index (χ4v) is 1.52. The van der Waals surface area contributed by atoms with Crippen molar-refractivity contribution in [2.24, 2.45) is 0 Å². The van der Waals surface area contributed by atoms with Crippen LogP contribution in [-0.4, -0.2) is 18.6 Å². The van der Waals surface area contributed by atoms with Crippen LogP contribution in [0.15, 0.2) is 18.2 Å². The summed E-state index contributed by atoms with van der Waals surface area (Å²) in [6, 6.07) is -0.970. The molecule has 0 spiro atoms. The zero-order valence-electron chi connectivity index (χ0n) is 9.66. The third-order valence-corrected chi connectivity index (χ3v) is 2.43. The Balaban J connectivity index is 3.24. The van der Waals surface area contributed by atoms with Gasteiger partial charge in [-0.15, -0.1) is 0 Å². The van der Waals surface area contributed by atoms with Crippen LogP contribution in [-0.2, 0) is 0 Å². The Labute approximate surface area is 104 Å². The minimum atomic E-state index is -5.80. The van der Waals surface area contributed by atoms with Crippen LogP contribution in [0.2, 0.25) is 0 Å². The van der Waals surface area contributed by atoms with Crippen molar-refractivity contribution in [2.45, 2.75) is 25.1 Å². The van der Waals surface area contributed by atoms with E-state index in [1.54, 1.807) is 0 Å². The van der Waals surface area contributed by atoms with E-state index in [0.717, 1.165) is 0 Å². The zero-order chi connectivity index (χ0) is 14.8. The molecule has 0 saturated carbocycles. The topological polar surface area (TPSA) is 12.0 Å². The van der Waals surface area contributed by atoms with Crippen molar-refractivity contribution < 1.29 is 30.7 Å². The zero-order valence-corrected chi connectivity index (χ0v) is 9.66. The molecule has 0 amide bonds. The maximum absolute atomic E-state index is 13.3. The summed E-state index contributed by atoms with van der Waals surface area (Å²) in [5.41, 5.74) is -0.678. The summed E-state index contributed by atoms with van der Waals surface area (Å²) >= 11 is 0. The van der Waals surface area contributed by atoms with Gasteiger partial charge < -0.3 is 5.32 Å². The molecule has 8 heteroatoms. The average molecular weight is 289 g/mol. The highest BCUT2D eigenvalue weighted by atomic mass is 19.4. The lowest BCUT2D eigenvalue weighted by Gasteiger charge is -2.29. The minimum Gasteiger partial charge on any atom is -0.305 e. The number of benzene rings is 1. The molecule has 0 aromatic heterocycles. The van der Waals surface area contributed by atoms with Crippen LogP contribution in [0.4, 0.5) is 30.7 Å². The fraction of sp³-hybridized carbons (Fsp3) is 0.455. The van der Waals surface area contributed by atoms with Gasteiger partial charge in [0.05, 0.1) is 0 Å². The molecule has 1 nitrogen and oxygen atoms in total. The van der Waals surface area contributed by atoms with Gasteiger partial charge in [0.15, 0.2) is 11.6 Å². The third-order valence-electron chi connectivity index (χ3n) is 2.43. The highest BCUT2D eigenvalue weighted by molar-refractivity contribution is 5.24. The van der Waals surface area contributed by atoms with Crippen LogP contribution in [0.1, 0.15) is 18.5 Å². The monoisotopic (exact) mass is 289 g/mol. The van der Waals surface area contributed by atoms with Crippen LogP contribution in [0.5, 0.6) is 0 Å². The summed E-state index contributed by atoms with van der Waals surface area (Å²) in [4.78, 5) is 0. The molecule has 1 N–H and O–H groups in total. The van der Waals surface area contributed by atoms with Crippen molar-refractivity contribution >= 4 is 0 Å². The Morgan fingerprint density at radius 1 is 1.05 bits per heavy atom. The molecular formula is C11H10F7N. The van der Waals surface area contributed by atoms with Crippen molar-refractivity contribution in [1.29, 1.82) is 0 Å². The molecule has 0 aliphatic rings. The fourth-order valence-electron chi connectivity index (χ4n) is 1.52. The van der Waals surface area contributed by atoms with E-state index >= 15 is 0 Å². The predicted molar refractivity (Wildman–Crippen MR) is 53.8 cm³/mol. The summed E-state index contributed by atoms with van der Waals surface area (Å²) in [6.45, 7) is 1.12. The van der Waals surface area contributed by atoms with E-state index in [-0.39, 0.29) is 6.54 Å². The first kappa shape index (κ1) is 15.7. The van der Waals surface area contributed by atoms with Crippen LogP contribution in [0.3, 0.4) is 0 Å². The Morgan fingerprint density at radius 3 is 2.05 bits per heavy atom. The maximum atomic E-state index is 13.3. The second kappa shape index (κ2) is 5.36.